The van der Waals surface area contributed by atoms with Gasteiger partial charge in [0, 0.05) is 30.5 Å². The molecule has 0 spiro atoms. The fourth-order valence-electron chi connectivity index (χ4n) is 3.85. The molecule has 1 aromatic carbocycles. The summed E-state index contributed by atoms with van der Waals surface area (Å²) < 4.78 is 0. The second-order valence-corrected chi connectivity index (χ2v) is 7.83. The monoisotopic (exact) mass is 429 g/mol. The van der Waals surface area contributed by atoms with Crippen LogP contribution in [0.25, 0.3) is 6.08 Å². The van der Waals surface area contributed by atoms with E-state index >= 15 is 0 Å². The third kappa shape index (κ3) is 10.2. The molecule has 0 amide bonds. The number of carboxylic acids is 2. The van der Waals surface area contributed by atoms with Gasteiger partial charge < -0.3 is 10.2 Å². The summed E-state index contributed by atoms with van der Waals surface area (Å²) in [6, 6.07) is 10.4. The lowest BCUT2D eigenvalue weighted by molar-refractivity contribution is -0.134. The predicted molar refractivity (Wildman–Crippen MR) is 123 cm³/mol. The lowest BCUT2D eigenvalue weighted by atomic mass is 9.70. The van der Waals surface area contributed by atoms with Crippen molar-refractivity contribution in [3.8, 4) is 0 Å². The number of likely N-dealkylation sites (tertiary alicyclic amines) is 1. The van der Waals surface area contributed by atoms with Crippen LogP contribution in [0, 0.1) is 5.41 Å². The maximum Gasteiger partial charge on any atom is 0.328 e. The molecule has 0 bridgehead atoms. The molecule has 0 radical (unpaired) electrons. The minimum absolute atomic E-state index is 0.0234. The number of aliphatic carboxylic acids is 2. The molecule has 2 N–H and O–H groups in total. The number of piperidine rings is 1. The Hall–Kier alpha value is -2.73. The van der Waals surface area contributed by atoms with Gasteiger partial charge in [-0.05, 0) is 44.3 Å². The van der Waals surface area contributed by atoms with Crippen LogP contribution in [0.2, 0.25) is 0 Å². The Kier molecular flexibility index (Phi) is 12.1. The van der Waals surface area contributed by atoms with Crippen molar-refractivity contribution in [3.05, 3.63) is 54.1 Å². The molecule has 1 aromatic rings. The Labute approximate surface area is 185 Å². The van der Waals surface area contributed by atoms with Crippen molar-refractivity contribution in [3.63, 3.8) is 0 Å². The summed E-state index contributed by atoms with van der Waals surface area (Å²) in [5.41, 5.74) is 1.23. The van der Waals surface area contributed by atoms with E-state index in [0.717, 1.165) is 58.2 Å². The predicted octanol–water partition coefficient (Wildman–Crippen LogP) is 4.66. The Morgan fingerprint density at radius 1 is 0.968 bits per heavy atom. The normalized spacial score (nSPS) is 16.1. The highest BCUT2D eigenvalue weighted by Gasteiger charge is 2.39. The lowest BCUT2D eigenvalue weighted by Crippen LogP contribution is -2.44. The first-order chi connectivity index (χ1) is 14.8. The topological polar surface area (TPSA) is 94.9 Å². The second kappa shape index (κ2) is 14.3. The maximum absolute atomic E-state index is 12.6. The van der Waals surface area contributed by atoms with Crippen molar-refractivity contribution >= 4 is 23.8 Å². The van der Waals surface area contributed by atoms with Crippen molar-refractivity contribution < 1.29 is 24.6 Å². The number of hydrogen-bond donors (Lipinski definition) is 2. The molecule has 1 aliphatic rings. The summed E-state index contributed by atoms with van der Waals surface area (Å²) in [6.45, 7) is 7.40. The Balaban J connectivity index is 0.000000512. The van der Waals surface area contributed by atoms with Gasteiger partial charge in [0.25, 0.3) is 0 Å². The van der Waals surface area contributed by atoms with Gasteiger partial charge in [-0.15, -0.1) is 0 Å². The zero-order valence-electron chi connectivity index (χ0n) is 18.6. The average molecular weight is 430 g/mol. The number of carbonyl (C=O) groups excluding carboxylic acids is 1. The van der Waals surface area contributed by atoms with Crippen LogP contribution in [-0.4, -0.2) is 52.5 Å². The zero-order chi connectivity index (χ0) is 23.1. The van der Waals surface area contributed by atoms with Gasteiger partial charge in [0.2, 0.25) is 0 Å². The van der Waals surface area contributed by atoms with Gasteiger partial charge >= 0.3 is 11.9 Å². The summed E-state index contributed by atoms with van der Waals surface area (Å²) >= 11 is 0. The van der Waals surface area contributed by atoms with Crippen LogP contribution in [0.5, 0.6) is 0 Å². The SMILES string of the molecule is CCCC(=O)C1(CCC)CCN(CC=Cc2ccccc2)CC1.O=C(O)C=CC(=O)O. The number of nitrogens with zero attached hydrogens (tertiary/aromatic N) is 1. The van der Waals surface area contributed by atoms with Crippen molar-refractivity contribution in [1.29, 1.82) is 0 Å². The van der Waals surface area contributed by atoms with Crippen molar-refractivity contribution in [2.75, 3.05) is 19.6 Å². The van der Waals surface area contributed by atoms with E-state index in [1.807, 2.05) is 6.07 Å². The summed E-state index contributed by atoms with van der Waals surface area (Å²) in [5, 5.41) is 15.6. The fourth-order valence-corrected chi connectivity index (χ4v) is 3.85. The van der Waals surface area contributed by atoms with Gasteiger partial charge in [-0.3, -0.25) is 9.69 Å². The smallest absolute Gasteiger partial charge is 0.328 e. The van der Waals surface area contributed by atoms with E-state index in [9.17, 15) is 14.4 Å². The number of ketones is 1. The third-order valence-electron chi connectivity index (χ3n) is 5.45. The van der Waals surface area contributed by atoms with E-state index in [1.54, 1.807) is 0 Å². The van der Waals surface area contributed by atoms with E-state index in [1.165, 1.54) is 5.56 Å². The molecule has 1 aliphatic heterocycles. The van der Waals surface area contributed by atoms with E-state index < -0.39 is 11.9 Å². The van der Waals surface area contributed by atoms with Crippen molar-refractivity contribution in [1.82, 2.24) is 4.90 Å². The molecule has 170 valence electrons. The maximum atomic E-state index is 12.6. The van der Waals surface area contributed by atoms with Gasteiger partial charge in [0.15, 0.2) is 0 Å². The zero-order valence-corrected chi connectivity index (χ0v) is 18.6. The average Bonchev–Trinajstić information content (AvgIpc) is 2.75. The first-order valence-corrected chi connectivity index (χ1v) is 10.9. The highest BCUT2D eigenvalue weighted by molar-refractivity contribution is 5.89. The fraction of sp³-hybridized carbons (Fsp3) is 0.480. The van der Waals surface area contributed by atoms with E-state index in [2.05, 4.69) is 55.2 Å². The van der Waals surface area contributed by atoms with Crippen LogP contribution in [0.15, 0.2) is 48.6 Å². The van der Waals surface area contributed by atoms with Gasteiger partial charge in [0.05, 0.1) is 0 Å². The molecule has 0 unspecified atom stereocenters. The third-order valence-corrected chi connectivity index (χ3v) is 5.45. The summed E-state index contributed by atoms with van der Waals surface area (Å²) in [7, 11) is 0. The molecule has 2 rings (SSSR count). The van der Waals surface area contributed by atoms with Gasteiger partial charge in [0.1, 0.15) is 5.78 Å². The van der Waals surface area contributed by atoms with Crippen molar-refractivity contribution in [2.24, 2.45) is 5.41 Å². The quantitative estimate of drug-likeness (QED) is 0.525. The van der Waals surface area contributed by atoms with Crippen molar-refractivity contribution in [2.45, 2.75) is 52.4 Å². The van der Waals surface area contributed by atoms with E-state index in [4.69, 9.17) is 10.2 Å². The summed E-state index contributed by atoms with van der Waals surface area (Å²) in [5.74, 6) is -2.00. The van der Waals surface area contributed by atoms with Crippen LogP contribution in [-0.2, 0) is 14.4 Å². The van der Waals surface area contributed by atoms with E-state index in [0.29, 0.717) is 17.9 Å². The molecular formula is C25H35NO5. The molecular weight excluding hydrogens is 394 g/mol. The Bertz CT molecular complexity index is 730. The minimum Gasteiger partial charge on any atom is -0.478 e. The summed E-state index contributed by atoms with van der Waals surface area (Å²) in [6.07, 6.45) is 11.6. The Morgan fingerprint density at radius 2 is 1.55 bits per heavy atom. The van der Waals surface area contributed by atoms with Crippen LogP contribution < -0.4 is 0 Å². The Morgan fingerprint density at radius 3 is 2.03 bits per heavy atom. The number of carbonyl (C=O) groups is 3. The highest BCUT2D eigenvalue weighted by atomic mass is 16.4. The molecule has 6 heteroatoms. The first-order valence-electron chi connectivity index (χ1n) is 10.9. The molecule has 1 heterocycles. The molecule has 6 nitrogen and oxygen atoms in total. The number of benzene rings is 1. The van der Waals surface area contributed by atoms with Gasteiger partial charge in [-0.25, -0.2) is 9.59 Å². The molecule has 1 saturated heterocycles. The van der Waals surface area contributed by atoms with E-state index in [-0.39, 0.29) is 5.41 Å². The number of rotatable bonds is 10. The largest absolute Gasteiger partial charge is 0.478 e. The molecule has 0 aliphatic carbocycles. The first kappa shape index (κ1) is 26.3. The summed E-state index contributed by atoms with van der Waals surface area (Å²) in [4.78, 5) is 34.2. The molecule has 0 atom stereocenters. The number of Topliss-reactive ketones (excluding diaryl/α,β-unsaturated/α-hetero) is 1. The number of hydrogen-bond acceptors (Lipinski definition) is 4. The molecule has 1 fully saturated rings. The standard InChI is InChI=1S/C21H31NO.C4H4O4/c1-3-9-20(23)21(13-4-2)14-17-22(18-15-21)16-8-12-19-10-6-5-7-11-19;5-3(6)1-2-4(7)8/h5-8,10-12H,3-4,9,13-18H2,1-2H3;1-2H,(H,5,6)(H,7,8). The molecule has 0 saturated carbocycles. The highest BCUT2D eigenvalue weighted by Crippen LogP contribution is 2.38. The minimum atomic E-state index is -1.26. The van der Waals surface area contributed by atoms with Crippen LogP contribution in [0.3, 0.4) is 0 Å². The van der Waals surface area contributed by atoms with Crippen LogP contribution >= 0.6 is 0 Å². The van der Waals surface area contributed by atoms with Crippen LogP contribution in [0.1, 0.15) is 57.9 Å². The van der Waals surface area contributed by atoms with Gasteiger partial charge in [-0.2, -0.15) is 0 Å². The van der Waals surface area contributed by atoms with Crippen LogP contribution in [0.4, 0.5) is 0 Å². The number of carboxylic acid groups (broad SMARTS) is 2. The lowest BCUT2D eigenvalue weighted by Gasteiger charge is -2.40. The molecule has 31 heavy (non-hydrogen) atoms. The van der Waals surface area contributed by atoms with Gasteiger partial charge in [-0.1, -0.05) is 62.8 Å². The second-order valence-electron chi connectivity index (χ2n) is 7.83. The molecule has 0 aromatic heterocycles.